The fourth-order valence-electron chi connectivity index (χ4n) is 2.67. The molecule has 21 heavy (non-hydrogen) atoms. The Kier molecular flexibility index (Phi) is 5.37. The third-order valence-electron chi connectivity index (χ3n) is 3.97. The summed E-state index contributed by atoms with van der Waals surface area (Å²) >= 11 is 0. The summed E-state index contributed by atoms with van der Waals surface area (Å²) in [7, 11) is 2.00. The Morgan fingerprint density at radius 3 is 2.62 bits per heavy atom. The number of unbranched alkanes of at least 4 members (excludes halogenated alkanes) is 5. The number of hydrogen-bond donors (Lipinski definition) is 1. The van der Waals surface area contributed by atoms with Gasteiger partial charge in [0.25, 0.3) is 0 Å². The number of rotatable bonds is 8. The van der Waals surface area contributed by atoms with Crippen LogP contribution >= 0.6 is 0 Å². The van der Waals surface area contributed by atoms with Crippen molar-refractivity contribution in [2.75, 3.05) is 0 Å². The average Bonchev–Trinajstić information content (AvgIpc) is 2.79. The van der Waals surface area contributed by atoms with Gasteiger partial charge < -0.3 is 9.67 Å². The van der Waals surface area contributed by atoms with Crippen molar-refractivity contribution >= 4 is 17.0 Å². The first-order chi connectivity index (χ1) is 10.1. The summed E-state index contributed by atoms with van der Waals surface area (Å²) < 4.78 is 2.08. The van der Waals surface area contributed by atoms with Crippen LogP contribution in [0, 0.1) is 0 Å². The highest BCUT2D eigenvalue weighted by molar-refractivity contribution is 5.92. The van der Waals surface area contributed by atoms with Crippen molar-refractivity contribution in [2.45, 2.75) is 51.9 Å². The Morgan fingerprint density at radius 1 is 1.19 bits per heavy atom. The zero-order chi connectivity index (χ0) is 15.2. The molecule has 0 fully saturated rings. The maximum Gasteiger partial charge on any atom is 0.335 e. The second kappa shape index (κ2) is 7.25. The highest BCUT2D eigenvalue weighted by atomic mass is 16.4. The second-order valence-corrected chi connectivity index (χ2v) is 5.61. The summed E-state index contributed by atoms with van der Waals surface area (Å²) in [6.07, 6.45) is 8.55. The van der Waals surface area contributed by atoms with Crippen LogP contribution in [0.4, 0.5) is 0 Å². The molecule has 0 bridgehead atoms. The third-order valence-corrected chi connectivity index (χ3v) is 3.97. The molecule has 1 aromatic carbocycles. The molecule has 0 saturated heterocycles. The Labute approximate surface area is 125 Å². The molecular weight excluding hydrogens is 264 g/mol. The van der Waals surface area contributed by atoms with Gasteiger partial charge in [0.15, 0.2) is 0 Å². The normalized spacial score (nSPS) is 11.1. The lowest BCUT2D eigenvalue weighted by atomic mass is 10.1. The molecule has 1 aromatic heterocycles. The van der Waals surface area contributed by atoms with Crippen LogP contribution in [0.3, 0.4) is 0 Å². The topological polar surface area (TPSA) is 55.1 Å². The van der Waals surface area contributed by atoms with E-state index >= 15 is 0 Å². The summed E-state index contributed by atoms with van der Waals surface area (Å²) in [6, 6.07) is 5.14. The van der Waals surface area contributed by atoms with Gasteiger partial charge in [0.2, 0.25) is 0 Å². The average molecular weight is 288 g/mol. The Balaban J connectivity index is 2.00. The van der Waals surface area contributed by atoms with Crippen molar-refractivity contribution in [2.24, 2.45) is 7.05 Å². The van der Waals surface area contributed by atoms with Crippen molar-refractivity contribution in [3.8, 4) is 0 Å². The first-order valence-electron chi connectivity index (χ1n) is 7.82. The largest absolute Gasteiger partial charge is 0.478 e. The van der Waals surface area contributed by atoms with Crippen LogP contribution in [0.1, 0.15) is 61.6 Å². The Bertz CT molecular complexity index is 617. The van der Waals surface area contributed by atoms with E-state index in [1.165, 1.54) is 32.1 Å². The molecule has 1 heterocycles. The number of carbonyl (C=O) groups is 1. The van der Waals surface area contributed by atoms with E-state index in [9.17, 15) is 4.79 Å². The van der Waals surface area contributed by atoms with E-state index in [1.807, 2.05) is 13.1 Å². The summed E-state index contributed by atoms with van der Waals surface area (Å²) in [4.78, 5) is 15.6. The first-order valence-corrected chi connectivity index (χ1v) is 7.82. The van der Waals surface area contributed by atoms with E-state index in [4.69, 9.17) is 5.11 Å². The van der Waals surface area contributed by atoms with Crippen LogP contribution in [0.15, 0.2) is 18.2 Å². The summed E-state index contributed by atoms with van der Waals surface area (Å²) in [6.45, 7) is 2.23. The zero-order valence-corrected chi connectivity index (χ0v) is 12.9. The molecular formula is C17H24N2O2. The minimum Gasteiger partial charge on any atom is -0.478 e. The highest BCUT2D eigenvalue weighted by Gasteiger charge is 2.10. The van der Waals surface area contributed by atoms with Gasteiger partial charge in [0.05, 0.1) is 16.6 Å². The molecule has 0 aliphatic carbocycles. The summed E-state index contributed by atoms with van der Waals surface area (Å²) in [5.74, 6) is 0.142. The maximum atomic E-state index is 11.0. The summed E-state index contributed by atoms with van der Waals surface area (Å²) in [5, 5.41) is 9.03. The molecule has 4 heteroatoms. The molecule has 0 aliphatic heterocycles. The number of carboxylic acid groups (broad SMARTS) is 1. The lowest BCUT2D eigenvalue weighted by molar-refractivity contribution is 0.0697. The minimum absolute atomic E-state index is 0.298. The predicted octanol–water partition coefficient (Wildman–Crippen LogP) is 4.17. The number of aromatic nitrogens is 2. The first kappa shape index (κ1) is 15.5. The van der Waals surface area contributed by atoms with E-state index in [2.05, 4.69) is 16.5 Å². The highest BCUT2D eigenvalue weighted by Crippen LogP contribution is 2.18. The molecule has 0 atom stereocenters. The lowest BCUT2D eigenvalue weighted by Crippen LogP contribution is -1.98. The van der Waals surface area contributed by atoms with Gasteiger partial charge >= 0.3 is 5.97 Å². The fraction of sp³-hybridized carbons (Fsp3) is 0.529. The Hall–Kier alpha value is -1.84. The SMILES string of the molecule is CCCCCCCCc1nc2cc(C(=O)O)ccc2n1C. The molecule has 0 spiro atoms. The second-order valence-electron chi connectivity index (χ2n) is 5.61. The van der Waals surface area contributed by atoms with Gasteiger partial charge in [0, 0.05) is 13.5 Å². The van der Waals surface area contributed by atoms with Crippen molar-refractivity contribution in [1.29, 1.82) is 0 Å². The van der Waals surface area contributed by atoms with Crippen molar-refractivity contribution in [3.63, 3.8) is 0 Å². The standard InChI is InChI=1S/C17H24N2O2/c1-3-4-5-6-7-8-9-16-18-14-12-13(17(20)21)10-11-15(14)19(16)2/h10-12H,3-9H2,1-2H3,(H,20,21). The van der Waals surface area contributed by atoms with Gasteiger partial charge in [0.1, 0.15) is 5.82 Å². The number of benzene rings is 1. The molecule has 1 N–H and O–H groups in total. The van der Waals surface area contributed by atoms with Crippen molar-refractivity contribution in [3.05, 3.63) is 29.6 Å². The lowest BCUT2D eigenvalue weighted by Gasteiger charge is -2.02. The smallest absolute Gasteiger partial charge is 0.335 e. The number of imidazole rings is 1. The van der Waals surface area contributed by atoms with Crippen LogP contribution in [-0.2, 0) is 13.5 Å². The number of aromatic carboxylic acids is 1. The van der Waals surface area contributed by atoms with E-state index < -0.39 is 5.97 Å². The van der Waals surface area contributed by atoms with E-state index in [-0.39, 0.29) is 0 Å². The molecule has 4 nitrogen and oxygen atoms in total. The van der Waals surface area contributed by atoms with Crippen LogP contribution in [0.25, 0.3) is 11.0 Å². The minimum atomic E-state index is -0.903. The van der Waals surface area contributed by atoms with Gasteiger partial charge in [-0.3, -0.25) is 0 Å². The van der Waals surface area contributed by atoms with Crippen molar-refractivity contribution in [1.82, 2.24) is 9.55 Å². The van der Waals surface area contributed by atoms with E-state index in [0.29, 0.717) is 5.56 Å². The molecule has 0 radical (unpaired) electrons. The van der Waals surface area contributed by atoms with E-state index in [0.717, 1.165) is 29.7 Å². The van der Waals surface area contributed by atoms with Gasteiger partial charge in [-0.05, 0) is 24.6 Å². The van der Waals surface area contributed by atoms with Crippen LogP contribution < -0.4 is 0 Å². The zero-order valence-electron chi connectivity index (χ0n) is 12.9. The van der Waals surface area contributed by atoms with Crippen LogP contribution in [0.5, 0.6) is 0 Å². The predicted molar refractivity (Wildman–Crippen MR) is 84.8 cm³/mol. The number of hydrogen-bond acceptors (Lipinski definition) is 2. The molecule has 0 amide bonds. The van der Waals surface area contributed by atoms with Crippen LogP contribution in [0.2, 0.25) is 0 Å². The number of carboxylic acids is 1. The molecule has 2 rings (SSSR count). The van der Waals surface area contributed by atoms with Gasteiger partial charge in [-0.25, -0.2) is 9.78 Å². The molecule has 0 saturated carbocycles. The Morgan fingerprint density at radius 2 is 1.90 bits per heavy atom. The molecule has 2 aromatic rings. The van der Waals surface area contributed by atoms with Crippen LogP contribution in [-0.4, -0.2) is 20.6 Å². The molecule has 0 aliphatic rings. The number of nitrogens with zero attached hydrogens (tertiary/aromatic N) is 2. The third kappa shape index (κ3) is 3.84. The van der Waals surface area contributed by atoms with Crippen molar-refractivity contribution < 1.29 is 9.90 Å². The monoisotopic (exact) mass is 288 g/mol. The fourth-order valence-corrected chi connectivity index (χ4v) is 2.67. The maximum absolute atomic E-state index is 11.0. The van der Waals surface area contributed by atoms with Gasteiger partial charge in [-0.2, -0.15) is 0 Å². The molecule has 114 valence electrons. The molecule has 0 unspecified atom stereocenters. The summed E-state index contributed by atoms with van der Waals surface area (Å²) in [5.41, 5.74) is 2.08. The van der Waals surface area contributed by atoms with E-state index in [1.54, 1.807) is 12.1 Å². The number of fused-ring (bicyclic) bond motifs is 1. The number of aryl methyl sites for hydroxylation is 2. The van der Waals surface area contributed by atoms with Gasteiger partial charge in [-0.1, -0.05) is 39.0 Å². The quantitative estimate of drug-likeness (QED) is 0.741. The van der Waals surface area contributed by atoms with Gasteiger partial charge in [-0.15, -0.1) is 0 Å².